The molecule has 0 saturated carbocycles. The number of carbonyl (C=O) groups is 1. The van der Waals surface area contributed by atoms with Crippen molar-refractivity contribution in [3.8, 4) is 0 Å². The molecule has 0 aliphatic rings. The lowest BCUT2D eigenvalue weighted by molar-refractivity contribution is -0.271. The molecule has 0 radical (unpaired) electrons. The summed E-state index contributed by atoms with van der Waals surface area (Å²) in [6, 6.07) is 0. The fourth-order valence-corrected chi connectivity index (χ4v) is 1.60. The van der Waals surface area contributed by atoms with Gasteiger partial charge in [-0.2, -0.15) is 13.2 Å². The molecule has 1 N–H and O–H groups in total. The van der Waals surface area contributed by atoms with E-state index in [-0.39, 0.29) is 6.54 Å². The van der Waals surface area contributed by atoms with Crippen LogP contribution in [-0.2, 0) is 17.4 Å². The molecule has 0 aromatic carbocycles. The van der Waals surface area contributed by atoms with Gasteiger partial charge in [0.1, 0.15) is 0 Å². The van der Waals surface area contributed by atoms with E-state index in [9.17, 15) is 23.1 Å². The van der Waals surface area contributed by atoms with E-state index in [4.69, 9.17) is 0 Å². The fourth-order valence-electron chi connectivity index (χ4n) is 1.60. The number of aryl methyl sites for hydroxylation is 1. The van der Waals surface area contributed by atoms with Gasteiger partial charge in [0.15, 0.2) is 5.82 Å². The van der Waals surface area contributed by atoms with Gasteiger partial charge in [0.2, 0.25) is 11.5 Å². The van der Waals surface area contributed by atoms with Gasteiger partial charge >= 0.3 is 6.18 Å². The second-order valence-electron chi connectivity index (χ2n) is 4.30. The second-order valence-corrected chi connectivity index (χ2v) is 4.30. The van der Waals surface area contributed by atoms with Crippen molar-refractivity contribution in [2.45, 2.75) is 25.1 Å². The summed E-state index contributed by atoms with van der Waals surface area (Å²) < 4.78 is 40.4. The summed E-state index contributed by atoms with van der Waals surface area (Å²) in [6.07, 6.45) is -3.66. The molecule has 1 atom stereocenters. The average Bonchev–Trinajstić information content (AvgIpc) is 2.73. The van der Waals surface area contributed by atoms with Crippen LogP contribution in [0.4, 0.5) is 13.2 Å². The monoisotopic (exact) mass is 279 g/mol. The lowest BCUT2D eigenvalue weighted by atomic mass is 9.97. The van der Waals surface area contributed by atoms with Crippen LogP contribution < -0.4 is 0 Å². The number of hydrogen-bond acceptors (Lipinski definition) is 3. The standard InChI is InChI=1S/C11H16F3N3O2/c1-4-16(2)8(18)7-10(19,11(12,13)14)9-15-5-6-17(9)3/h5-6,19H,4,7H2,1-3H3. The Morgan fingerprint density at radius 1 is 1.53 bits per heavy atom. The Hall–Kier alpha value is -1.57. The van der Waals surface area contributed by atoms with Gasteiger partial charge in [0.25, 0.3) is 0 Å². The van der Waals surface area contributed by atoms with Crippen LogP contribution in [0, 0.1) is 0 Å². The first-order valence-electron chi connectivity index (χ1n) is 5.64. The molecule has 108 valence electrons. The fraction of sp³-hybridized carbons (Fsp3) is 0.636. The topological polar surface area (TPSA) is 58.4 Å². The van der Waals surface area contributed by atoms with Crippen molar-refractivity contribution in [1.29, 1.82) is 0 Å². The third-order valence-electron chi connectivity index (χ3n) is 2.97. The minimum atomic E-state index is -4.99. The van der Waals surface area contributed by atoms with Crippen molar-refractivity contribution in [2.24, 2.45) is 7.05 Å². The highest BCUT2D eigenvalue weighted by molar-refractivity contribution is 5.77. The maximum absolute atomic E-state index is 13.1. The molecule has 1 unspecified atom stereocenters. The van der Waals surface area contributed by atoms with Crippen molar-refractivity contribution < 1.29 is 23.1 Å². The van der Waals surface area contributed by atoms with Gasteiger partial charge in [-0.1, -0.05) is 0 Å². The molecule has 5 nitrogen and oxygen atoms in total. The number of carbonyl (C=O) groups excluding carboxylic acids is 1. The van der Waals surface area contributed by atoms with Crippen LogP contribution in [0.3, 0.4) is 0 Å². The predicted octanol–water partition coefficient (Wildman–Crippen LogP) is 1.04. The van der Waals surface area contributed by atoms with Gasteiger partial charge in [-0.3, -0.25) is 4.79 Å². The van der Waals surface area contributed by atoms with E-state index < -0.39 is 29.9 Å². The van der Waals surface area contributed by atoms with Gasteiger partial charge in [-0.25, -0.2) is 4.98 Å². The van der Waals surface area contributed by atoms with Crippen LogP contribution in [-0.4, -0.2) is 45.2 Å². The largest absolute Gasteiger partial charge is 0.425 e. The van der Waals surface area contributed by atoms with Gasteiger partial charge in [0.05, 0.1) is 6.42 Å². The third kappa shape index (κ3) is 2.89. The number of hydrogen-bond donors (Lipinski definition) is 1. The molecule has 1 amide bonds. The highest BCUT2D eigenvalue weighted by Crippen LogP contribution is 2.40. The van der Waals surface area contributed by atoms with Crippen molar-refractivity contribution in [3.63, 3.8) is 0 Å². The number of halogens is 3. The molecular formula is C11H16F3N3O2. The average molecular weight is 279 g/mol. The number of imidazole rings is 1. The molecule has 8 heteroatoms. The summed E-state index contributed by atoms with van der Waals surface area (Å²) in [5.41, 5.74) is -3.29. The first-order valence-corrected chi connectivity index (χ1v) is 5.64. The Morgan fingerprint density at radius 2 is 2.11 bits per heavy atom. The first-order chi connectivity index (χ1) is 8.63. The summed E-state index contributed by atoms with van der Waals surface area (Å²) in [5, 5.41) is 9.95. The van der Waals surface area contributed by atoms with Gasteiger partial charge < -0.3 is 14.6 Å². The minimum Gasteiger partial charge on any atom is -0.374 e. The number of rotatable bonds is 4. The SMILES string of the molecule is CCN(C)C(=O)CC(O)(c1nccn1C)C(F)(F)F. The smallest absolute Gasteiger partial charge is 0.374 e. The van der Waals surface area contributed by atoms with Crippen molar-refractivity contribution in [1.82, 2.24) is 14.5 Å². The zero-order valence-electron chi connectivity index (χ0n) is 10.9. The summed E-state index contributed by atoms with van der Waals surface area (Å²) in [5.74, 6) is -1.40. The molecule has 1 rings (SSSR count). The van der Waals surface area contributed by atoms with Crippen molar-refractivity contribution in [3.05, 3.63) is 18.2 Å². The van der Waals surface area contributed by atoms with Crippen LogP contribution in [0.2, 0.25) is 0 Å². The number of amides is 1. The quantitative estimate of drug-likeness (QED) is 0.896. The number of alkyl halides is 3. The van der Waals surface area contributed by atoms with Crippen molar-refractivity contribution in [2.75, 3.05) is 13.6 Å². The number of aromatic nitrogens is 2. The van der Waals surface area contributed by atoms with E-state index in [0.29, 0.717) is 0 Å². The molecular weight excluding hydrogens is 263 g/mol. The van der Waals surface area contributed by atoms with Crippen molar-refractivity contribution >= 4 is 5.91 Å². The molecule has 0 spiro atoms. The highest BCUT2D eigenvalue weighted by atomic mass is 19.4. The maximum atomic E-state index is 13.1. The van der Waals surface area contributed by atoms with Crippen LogP contribution in [0.1, 0.15) is 19.2 Å². The van der Waals surface area contributed by atoms with E-state index >= 15 is 0 Å². The van der Waals surface area contributed by atoms with Gasteiger partial charge in [-0.05, 0) is 6.92 Å². The Kier molecular flexibility index (Phi) is 4.24. The van der Waals surface area contributed by atoms with Crippen LogP contribution in [0.15, 0.2) is 12.4 Å². The molecule has 0 aliphatic carbocycles. The van der Waals surface area contributed by atoms with Crippen LogP contribution in [0.25, 0.3) is 0 Å². The number of aliphatic hydroxyl groups is 1. The molecule has 0 aliphatic heterocycles. The van der Waals surface area contributed by atoms with Crippen LogP contribution in [0.5, 0.6) is 0 Å². The Morgan fingerprint density at radius 3 is 2.47 bits per heavy atom. The van der Waals surface area contributed by atoms with E-state index in [1.165, 1.54) is 20.3 Å². The molecule has 19 heavy (non-hydrogen) atoms. The summed E-state index contributed by atoms with van der Waals surface area (Å²) in [7, 11) is 2.70. The Balaban J connectivity index is 3.17. The summed E-state index contributed by atoms with van der Waals surface area (Å²) in [6.45, 7) is 1.89. The highest BCUT2D eigenvalue weighted by Gasteiger charge is 2.58. The van der Waals surface area contributed by atoms with Crippen LogP contribution >= 0.6 is 0 Å². The maximum Gasteiger partial charge on any atom is 0.425 e. The molecule has 0 bridgehead atoms. The second kappa shape index (κ2) is 5.20. The minimum absolute atomic E-state index is 0.257. The third-order valence-corrected chi connectivity index (χ3v) is 2.97. The summed E-state index contributed by atoms with van der Waals surface area (Å²) in [4.78, 5) is 16.3. The van der Waals surface area contributed by atoms with E-state index in [1.54, 1.807) is 6.92 Å². The molecule has 0 saturated heterocycles. The molecule has 0 fully saturated rings. The molecule has 1 aromatic rings. The Bertz CT molecular complexity index is 458. The van der Waals surface area contributed by atoms with E-state index in [0.717, 1.165) is 15.7 Å². The molecule has 1 heterocycles. The number of nitrogens with zero attached hydrogens (tertiary/aromatic N) is 3. The lowest BCUT2D eigenvalue weighted by Crippen LogP contribution is -2.48. The Labute approximate surface area is 108 Å². The van der Waals surface area contributed by atoms with Gasteiger partial charge in [0, 0.05) is 33.0 Å². The molecule has 1 aromatic heterocycles. The van der Waals surface area contributed by atoms with Gasteiger partial charge in [-0.15, -0.1) is 0 Å². The van der Waals surface area contributed by atoms with E-state index in [1.807, 2.05) is 0 Å². The zero-order valence-corrected chi connectivity index (χ0v) is 10.9. The summed E-state index contributed by atoms with van der Waals surface area (Å²) >= 11 is 0. The predicted molar refractivity (Wildman–Crippen MR) is 61.1 cm³/mol. The first kappa shape index (κ1) is 15.5. The zero-order chi connectivity index (χ0) is 14.8. The normalized spacial score (nSPS) is 15.1. The van der Waals surface area contributed by atoms with E-state index in [2.05, 4.69) is 4.98 Å². The lowest BCUT2D eigenvalue weighted by Gasteiger charge is -2.30.